The molecule has 2 aliphatic rings. The molecular formula is C50H60NO3PSi. The van der Waals surface area contributed by atoms with Gasteiger partial charge in [0.05, 0.1) is 6.61 Å². The van der Waals surface area contributed by atoms with Crippen molar-refractivity contribution in [2.75, 3.05) is 19.8 Å². The van der Waals surface area contributed by atoms with Crippen LogP contribution in [0, 0.1) is 11.3 Å². The molecule has 0 aliphatic heterocycles. The van der Waals surface area contributed by atoms with Gasteiger partial charge in [-0.2, -0.15) is 0 Å². The van der Waals surface area contributed by atoms with E-state index in [0.29, 0.717) is 19.8 Å². The summed E-state index contributed by atoms with van der Waals surface area (Å²) in [7, 11) is -5.11. The second-order valence-electron chi connectivity index (χ2n) is 17.4. The zero-order valence-electron chi connectivity index (χ0n) is 34.0. The number of ether oxygens (including phenoxy) is 1. The monoisotopic (exact) mass is 781 g/mol. The molecule has 292 valence electrons. The first-order valence-corrected chi connectivity index (χ1v) is 25.2. The van der Waals surface area contributed by atoms with E-state index in [1.165, 1.54) is 12.8 Å². The zero-order chi connectivity index (χ0) is 39.3. The van der Waals surface area contributed by atoms with Crippen LogP contribution < -0.4 is 10.6 Å². The first kappa shape index (κ1) is 40.4. The van der Waals surface area contributed by atoms with Crippen LogP contribution in [0.2, 0.25) is 18.1 Å². The quantitative estimate of drug-likeness (QED) is 0.0275. The van der Waals surface area contributed by atoms with Crippen LogP contribution in [0.4, 0.5) is 0 Å². The molecule has 0 saturated heterocycles. The lowest BCUT2D eigenvalue weighted by atomic mass is 9.80. The predicted octanol–water partition coefficient (Wildman–Crippen LogP) is 11.8. The average Bonchev–Trinajstić information content (AvgIpc) is 4.13. The highest BCUT2D eigenvalue weighted by Crippen LogP contribution is 2.79. The second-order valence-corrected chi connectivity index (χ2v) is 24.9. The predicted molar refractivity (Wildman–Crippen MR) is 237 cm³/mol. The molecule has 2 fully saturated rings. The third-order valence-corrected chi connectivity index (χ3v) is 20.5. The average molecular weight is 782 g/mol. The van der Waals surface area contributed by atoms with E-state index in [4.69, 9.17) is 9.16 Å². The van der Waals surface area contributed by atoms with Gasteiger partial charge in [0.25, 0.3) is 0 Å². The number of benzene rings is 5. The van der Waals surface area contributed by atoms with Crippen LogP contribution in [-0.2, 0) is 19.3 Å². The molecule has 1 unspecified atom stereocenters. The lowest BCUT2D eigenvalue weighted by molar-refractivity contribution is 0.0100. The van der Waals surface area contributed by atoms with Crippen LogP contribution in [0.1, 0.15) is 69.6 Å². The van der Waals surface area contributed by atoms with Gasteiger partial charge in [-0.25, -0.2) is 4.67 Å². The third-order valence-electron chi connectivity index (χ3n) is 12.9. The normalized spacial score (nSPS) is 18.9. The van der Waals surface area contributed by atoms with Crippen LogP contribution in [0.5, 0.6) is 0 Å². The minimum Gasteiger partial charge on any atom is -0.413 e. The van der Waals surface area contributed by atoms with Crippen molar-refractivity contribution in [3.05, 3.63) is 181 Å². The van der Waals surface area contributed by atoms with E-state index >= 15 is 4.57 Å². The van der Waals surface area contributed by atoms with Gasteiger partial charge in [-0.15, -0.1) is 0 Å². The zero-order valence-corrected chi connectivity index (χ0v) is 35.9. The summed E-state index contributed by atoms with van der Waals surface area (Å²) in [4.78, 5) is 0. The van der Waals surface area contributed by atoms with Gasteiger partial charge in [0.2, 0.25) is 7.29 Å². The van der Waals surface area contributed by atoms with E-state index < -0.39 is 21.2 Å². The summed E-state index contributed by atoms with van der Waals surface area (Å²) in [6.45, 7) is 13.2. The van der Waals surface area contributed by atoms with Crippen LogP contribution in [0.3, 0.4) is 0 Å². The molecule has 0 heterocycles. The molecule has 0 aromatic heterocycles. The molecule has 2 aliphatic carbocycles. The Morgan fingerprint density at radius 1 is 0.696 bits per heavy atom. The van der Waals surface area contributed by atoms with E-state index in [2.05, 4.69) is 166 Å². The number of unbranched alkanes of at least 4 members (excludes halogenated alkanes) is 1. The van der Waals surface area contributed by atoms with Gasteiger partial charge in [-0.05, 0) is 103 Å². The Hall–Kier alpha value is -3.83. The summed E-state index contributed by atoms with van der Waals surface area (Å²) in [6, 6.07) is 52.6. The standard InChI is InChI=1S/C50H60NO3PSi/c1-48(2,3)56(4,5)54-38-24-22-36-51(55(52,45-31-17-9-18-32-45)46-33-19-10-20-34-46)47(49-39-44(49)40-49)35-21-23-37-53-50(41-25-11-6-12-26-41,42-27-13-7-14-28-42)43-29-15-8-16-30-43/h6-20,22,24-34,44,47H,21,23,35-40H2,1-5H3/b24-22+. The Morgan fingerprint density at radius 3 is 1.54 bits per heavy atom. The molecule has 0 amide bonds. The molecular weight excluding hydrogens is 722 g/mol. The Bertz CT molecular complexity index is 1920. The number of nitrogens with zero attached hydrogens (tertiary/aromatic N) is 1. The highest BCUT2D eigenvalue weighted by atomic mass is 31.2. The van der Waals surface area contributed by atoms with Gasteiger partial charge in [0.15, 0.2) is 8.32 Å². The van der Waals surface area contributed by atoms with Crippen molar-refractivity contribution >= 4 is 26.2 Å². The molecule has 1 atom stereocenters. The summed E-state index contributed by atoms with van der Waals surface area (Å²) in [5.41, 5.74) is 2.87. The smallest absolute Gasteiger partial charge is 0.207 e. The highest BCUT2D eigenvalue weighted by Gasteiger charge is 2.74. The van der Waals surface area contributed by atoms with Crippen LogP contribution >= 0.6 is 7.29 Å². The van der Waals surface area contributed by atoms with E-state index in [-0.39, 0.29) is 16.5 Å². The molecule has 7 rings (SSSR count). The molecule has 0 N–H and O–H groups in total. The number of rotatable bonds is 19. The summed E-state index contributed by atoms with van der Waals surface area (Å²) >= 11 is 0. The summed E-state index contributed by atoms with van der Waals surface area (Å²) in [5, 5.41) is 1.95. The Kier molecular flexibility index (Phi) is 12.2. The van der Waals surface area contributed by atoms with Crippen molar-refractivity contribution in [1.82, 2.24) is 4.67 Å². The molecule has 0 spiro atoms. The molecule has 6 heteroatoms. The van der Waals surface area contributed by atoms with Gasteiger partial charge in [0.1, 0.15) is 5.60 Å². The molecule has 4 nitrogen and oxygen atoms in total. The molecule has 2 saturated carbocycles. The van der Waals surface area contributed by atoms with Gasteiger partial charge < -0.3 is 9.16 Å². The van der Waals surface area contributed by atoms with E-state index in [1.807, 2.05) is 36.4 Å². The lowest BCUT2D eigenvalue weighted by Crippen LogP contribution is -2.43. The lowest BCUT2D eigenvalue weighted by Gasteiger charge is -2.40. The van der Waals surface area contributed by atoms with E-state index in [1.54, 1.807) is 0 Å². The number of hydrogen-bond donors (Lipinski definition) is 0. The van der Waals surface area contributed by atoms with Crippen molar-refractivity contribution < 1.29 is 13.7 Å². The first-order chi connectivity index (χ1) is 27.0. The van der Waals surface area contributed by atoms with Crippen LogP contribution in [0.25, 0.3) is 0 Å². The SMILES string of the molecule is CC(C)(C)[Si](C)(C)OC/C=C/CN(C(CCCCOC(c1ccccc1)(c1ccccc1)c1ccccc1)C12CC1C2)P(=O)(c1ccccc1)c1ccccc1. The van der Waals surface area contributed by atoms with Crippen molar-refractivity contribution in [3.8, 4) is 0 Å². The maximum Gasteiger partial charge on any atom is 0.207 e. The maximum atomic E-state index is 16.1. The molecule has 5 aromatic carbocycles. The van der Waals surface area contributed by atoms with Crippen molar-refractivity contribution in [2.24, 2.45) is 11.3 Å². The first-order valence-electron chi connectivity index (χ1n) is 20.6. The van der Waals surface area contributed by atoms with Crippen molar-refractivity contribution in [3.63, 3.8) is 0 Å². The summed E-state index contributed by atoms with van der Waals surface area (Å²) < 4.78 is 32.3. The van der Waals surface area contributed by atoms with Gasteiger partial charge in [-0.3, -0.25) is 4.57 Å². The minimum absolute atomic E-state index is 0.146. The Balaban J connectivity index is 1.17. The van der Waals surface area contributed by atoms with Gasteiger partial charge in [-0.1, -0.05) is 160 Å². The van der Waals surface area contributed by atoms with Gasteiger partial charge in [0, 0.05) is 29.8 Å². The Morgan fingerprint density at radius 2 is 1.12 bits per heavy atom. The molecule has 0 radical (unpaired) electrons. The Labute approximate surface area is 337 Å². The van der Waals surface area contributed by atoms with Crippen LogP contribution in [0.15, 0.2) is 164 Å². The second kappa shape index (κ2) is 16.9. The molecule has 5 aromatic rings. The number of fused-ring (bicyclic) bond motifs is 1. The fraction of sp³-hybridized carbons (Fsp3) is 0.360. The van der Waals surface area contributed by atoms with E-state index in [0.717, 1.165) is 52.5 Å². The minimum atomic E-state index is -3.21. The van der Waals surface area contributed by atoms with E-state index in [9.17, 15) is 0 Å². The van der Waals surface area contributed by atoms with Crippen molar-refractivity contribution in [2.45, 2.75) is 82.7 Å². The number of hydrogen-bond acceptors (Lipinski definition) is 3. The largest absolute Gasteiger partial charge is 0.413 e. The van der Waals surface area contributed by atoms with Crippen LogP contribution in [-0.4, -0.2) is 38.8 Å². The summed E-state index contributed by atoms with van der Waals surface area (Å²) in [5.74, 6) is 0.735. The maximum absolute atomic E-state index is 16.1. The molecule has 56 heavy (non-hydrogen) atoms. The molecule has 0 bridgehead atoms. The fourth-order valence-electron chi connectivity index (χ4n) is 8.32. The third kappa shape index (κ3) is 8.26. The fourth-order valence-corrected chi connectivity index (χ4v) is 12.4. The topological polar surface area (TPSA) is 38.8 Å². The van der Waals surface area contributed by atoms with Crippen molar-refractivity contribution in [1.29, 1.82) is 0 Å². The summed E-state index contributed by atoms with van der Waals surface area (Å²) in [6.07, 6.45) is 9.70. The van der Waals surface area contributed by atoms with Gasteiger partial charge >= 0.3 is 0 Å². The highest BCUT2D eigenvalue weighted by molar-refractivity contribution is 7.76.